The van der Waals surface area contributed by atoms with E-state index in [1.54, 1.807) is 6.07 Å². The Balaban J connectivity index is 1.96. The highest BCUT2D eigenvalue weighted by molar-refractivity contribution is 9.10. The predicted molar refractivity (Wildman–Crippen MR) is 83.6 cm³/mol. The summed E-state index contributed by atoms with van der Waals surface area (Å²) in [5, 5.41) is 14.3. The van der Waals surface area contributed by atoms with Crippen molar-refractivity contribution in [3.8, 4) is 0 Å². The minimum absolute atomic E-state index is 0.122. The second-order valence-corrected chi connectivity index (χ2v) is 7.43. The molecule has 1 fully saturated rings. The molecule has 1 aliphatic carbocycles. The van der Waals surface area contributed by atoms with Gasteiger partial charge in [0.2, 0.25) is 0 Å². The molecule has 4 nitrogen and oxygen atoms in total. The van der Waals surface area contributed by atoms with E-state index in [0.29, 0.717) is 27.8 Å². The molecular weight excluding hydrogens is 320 g/mol. The summed E-state index contributed by atoms with van der Waals surface area (Å²) >= 11 is 3.33. The molecule has 0 aliphatic heterocycles. The number of nitro groups is 1. The molecule has 1 N–H and O–H groups in total. The van der Waals surface area contributed by atoms with Crippen LogP contribution in [0.5, 0.6) is 0 Å². The van der Waals surface area contributed by atoms with Gasteiger partial charge in [-0.3, -0.25) is 10.1 Å². The number of halogens is 1. The van der Waals surface area contributed by atoms with E-state index >= 15 is 0 Å². The monoisotopic (exact) mass is 340 g/mol. The van der Waals surface area contributed by atoms with Crippen molar-refractivity contribution < 1.29 is 4.92 Å². The van der Waals surface area contributed by atoms with Gasteiger partial charge in [0, 0.05) is 12.6 Å². The lowest BCUT2D eigenvalue weighted by Gasteiger charge is -2.08. The van der Waals surface area contributed by atoms with Gasteiger partial charge in [-0.05, 0) is 44.8 Å². The van der Waals surface area contributed by atoms with E-state index in [9.17, 15) is 10.1 Å². The highest BCUT2D eigenvalue weighted by atomic mass is 79.9. The first-order valence-corrected chi connectivity index (χ1v) is 7.61. The van der Waals surface area contributed by atoms with Gasteiger partial charge >= 0.3 is 0 Å². The summed E-state index contributed by atoms with van der Waals surface area (Å²) in [6, 6.07) is 5.15. The van der Waals surface area contributed by atoms with Gasteiger partial charge < -0.3 is 5.32 Å². The minimum atomic E-state index is -0.360. The Bertz CT molecular complexity index is 527. The summed E-state index contributed by atoms with van der Waals surface area (Å²) in [4.78, 5) is 10.5. The molecule has 0 aromatic heterocycles. The van der Waals surface area contributed by atoms with Crippen molar-refractivity contribution >= 4 is 21.6 Å². The van der Waals surface area contributed by atoms with Gasteiger partial charge in [0.15, 0.2) is 0 Å². The first-order valence-electron chi connectivity index (χ1n) is 6.82. The predicted octanol–water partition coefficient (Wildman–Crippen LogP) is 4.13. The van der Waals surface area contributed by atoms with E-state index in [-0.39, 0.29) is 10.6 Å². The Labute approximate surface area is 128 Å². The Hall–Kier alpha value is -0.940. The Morgan fingerprint density at radius 2 is 1.90 bits per heavy atom. The highest BCUT2D eigenvalue weighted by Gasteiger charge is 2.63. The highest BCUT2D eigenvalue weighted by Crippen LogP contribution is 2.67. The van der Waals surface area contributed by atoms with E-state index in [0.717, 1.165) is 12.1 Å². The van der Waals surface area contributed by atoms with Gasteiger partial charge in [-0.15, -0.1) is 0 Å². The van der Waals surface area contributed by atoms with Crippen molar-refractivity contribution in [3.05, 3.63) is 38.3 Å². The van der Waals surface area contributed by atoms with E-state index in [4.69, 9.17) is 0 Å². The molecule has 0 bridgehead atoms. The van der Waals surface area contributed by atoms with Crippen molar-refractivity contribution in [2.24, 2.45) is 16.7 Å². The standard InChI is InChI=1S/C15H21BrN2O2/c1-14(2)12(15(14,3)4)9-17-8-10-6-5-7-11(13(10)16)18(19)20/h5-7,12,17H,8-9H2,1-4H3. The lowest BCUT2D eigenvalue weighted by molar-refractivity contribution is -0.385. The molecule has 1 aromatic rings. The molecule has 0 amide bonds. The van der Waals surface area contributed by atoms with Crippen LogP contribution < -0.4 is 5.32 Å². The molecule has 1 aromatic carbocycles. The normalized spacial score (nSPS) is 19.9. The molecule has 2 rings (SSSR count). The first kappa shape index (κ1) is 15.4. The average molecular weight is 341 g/mol. The van der Waals surface area contributed by atoms with Crippen LogP contribution in [0.3, 0.4) is 0 Å². The maximum absolute atomic E-state index is 10.9. The summed E-state index contributed by atoms with van der Waals surface area (Å²) in [5.74, 6) is 0.646. The van der Waals surface area contributed by atoms with Gasteiger partial charge in [0.1, 0.15) is 0 Å². The van der Waals surface area contributed by atoms with Crippen LogP contribution in [0.1, 0.15) is 33.3 Å². The fourth-order valence-electron chi connectivity index (χ4n) is 3.04. The third kappa shape index (κ3) is 2.49. The third-order valence-electron chi connectivity index (χ3n) is 5.24. The molecule has 0 unspecified atom stereocenters. The summed E-state index contributed by atoms with van der Waals surface area (Å²) in [7, 11) is 0. The molecule has 0 heterocycles. The third-order valence-corrected chi connectivity index (χ3v) is 6.15. The molecule has 0 saturated heterocycles. The van der Waals surface area contributed by atoms with Crippen molar-refractivity contribution in [2.45, 2.75) is 34.2 Å². The summed E-state index contributed by atoms with van der Waals surface area (Å²) < 4.78 is 0.576. The van der Waals surface area contributed by atoms with Crippen molar-refractivity contribution in [2.75, 3.05) is 6.54 Å². The van der Waals surface area contributed by atoms with Gasteiger partial charge in [0.05, 0.1) is 9.40 Å². The van der Waals surface area contributed by atoms with Gasteiger partial charge in [0.25, 0.3) is 5.69 Å². The van der Waals surface area contributed by atoms with Crippen LogP contribution in [0.15, 0.2) is 22.7 Å². The molecule has 110 valence electrons. The number of benzene rings is 1. The first-order chi connectivity index (χ1) is 9.19. The van der Waals surface area contributed by atoms with E-state index in [1.807, 2.05) is 6.07 Å². The molecule has 20 heavy (non-hydrogen) atoms. The molecular formula is C15H21BrN2O2. The summed E-state index contributed by atoms with van der Waals surface area (Å²) in [6.07, 6.45) is 0. The number of nitro benzene ring substituents is 1. The lowest BCUT2D eigenvalue weighted by Crippen LogP contribution is -2.19. The van der Waals surface area contributed by atoms with Gasteiger partial charge in [-0.1, -0.05) is 39.8 Å². The fraction of sp³-hybridized carbons (Fsp3) is 0.600. The Kier molecular flexibility index (Phi) is 3.95. The zero-order chi connectivity index (χ0) is 15.1. The molecule has 0 atom stereocenters. The molecule has 5 heteroatoms. The average Bonchev–Trinajstić information content (AvgIpc) is 2.73. The van der Waals surface area contributed by atoms with Crippen molar-refractivity contribution in [1.82, 2.24) is 5.32 Å². The smallest absolute Gasteiger partial charge is 0.283 e. The fourth-order valence-corrected chi connectivity index (χ4v) is 3.59. The van der Waals surface area contributed by atoms with Gasteiger partial charge in [-0.2, -0.15) is 0 Å². The van der Waals surface area contributed by atoms with E-state index in [2.05, 4.69) is 48.9 Å². The lowest BCUT2D eigenvalue weighted by atomic mass is 10.0. The topological polar surface area (TPSA) is 55.2 Å². The second kappa shape index (κ2) is 5.11. The zero-order valence-electron chi connectivity index (χ0n) is 12.4. The van der Waals surface area contributed by atoms with Crippen LogP contribution in [0.2, 0.25) is 0 Å². The second-order valence-electron chi connectivity index (χ2n) is 6.63. The zero-order valence-corrected chi connectivity index (χ0v) is 14.0. The number of hydrogen-bond acceptors (Lipinski definition) is 3. The van der Waals surface area contributed by atoms with Gasteiger partial charge in [-0.25, -0.2) is 0 Å². The van der Waals surface area contributed by atoms with Crippen LogP contribution in [0, 0.1) is 26.9 Å². The Morgan fingerprint density at radius 1 is 1.30 bits per heavy atom. The SMILES string of the molecule is CC1(C)C(CNCc2cccc([N+](=O)[O-])c2Br)C1(C)C. The van der Waals surface area contributed by atoms with Crippen LogP contribution >= 0.6 is 15.9 Å². The molecule has 0 radical (unpaired) electrons. The molecule has 0 spiro atoms. The van der Waals surface area contributed by atoms with E-state index < -0.39 is 0 Å². The maximum Gasteiger partial charge on any atom is 0.283 e. The van der Waals surface area contributed by atoms with Crippen LogP contribution in [-0.4, -0.2) is 11.5 Å². The van der Waals surface area contributed by atoms with Crippen LogP contribution in [0.4, 0.5) is 5.69 Å². The number of rotatable bonds is 5. The molecule has 1 aliphatic rings. The number of nitrogens with one attached hydrogen (secondary N) is 1. The van der Waals surface area contributed by atoms with Crippen molar-refractivity contribution in [1.29, 1.82) is 0 Å². The maximum atomic E-state index is 10.9. The quantitative estimate of drug-likeness (QED) is 0.647. The van der Waals surface area contributed by atoms with Crippen LogP contribution in [-0.2, 0) is 6.54 Å². The summed E-state index contributed by atoms with van der Waals surface area (Å²) in [6.45, 7) is 10.8. The van der Waals surface area contributed by atoms with E-state index in [1.165, 1.54) is 6.07 Å². The number of hydrogen-bond donors (Lipinski definition) is 1. The Morgan fingerprint density at radius 3 is 2.40 bits per heavy atom. The summed E-state index contributed by atoms with van der Waals surface area (Å²) in [5.41, 5.74) is 1.77. The number of nitrogens with zero attached hydrogens (tertiary/aromatic N) is 1. The molecule has 1 saturated carbocycles. The van der Waals surface area contributed by atoms with Crippen LogP contribution in [0.25, 0.3) is 0 Å². The van der Waals surface area contributed by atoms with Crippen molar-refractivity contribution in [3.63, 3.8) is 0 Å². The largest absolute Gasteiger partial charge is 0.312 e. The minimum Gasteiger partial charge on any atom is -0.312 e.